The van der Waals surface area contributed by atoms with E-state index in [1.165, 1.54) is 6.08 Å². The molecule has 0 spiro atoms. The van der Waals surface area contributed by atoms with E-state index in [-0.39, 0.29) is 11.9 Å². The van der Waals surface area contributed by atoms with Crippen LogP contribution in [0.25, 0.3) is 0 Å². The van der Waals surface area contributed by atoms with E-state index in [2.05, 4.69) is 33.9 Å². The molecule has 0 heterocycles. The van der Waals surface area contributed by atoms with E-state index in [1.807, 2.05) is 26.0 Å². The molecule has 1 aromatic rings. The van der Waals surface area contributed by atoms with Crippen LogP contribution in [0.15, 0.2) is 35.3 Å². The van der Waals surface area contributed by atoms with Crippen molar-refractivity contribution in [3.8, 4) is 0 Å². The van der Waals surface area contributed by atoms with Gasteiger partial charge in [0.25, 0.3) is 0 Å². The molecule has 1 amide bonds. The molecule has 0 unspecified atom stereocenters. The smallest absolute Gasteiger partial charge is 0.243 e. The minimum absolute atomic E-state index is 0.00213. The van der Waals surface area contributed by atoms with Gasteiger partial charge in [0.15, 0.2) is 0 Å². The van der Waals surface area contributed by atoms with Crippen molar-refractivity contribution in [2.24, 2.45) is 0 Å². The van der Waals surface area contributed by atoms with Crippen molar-refractivity contribution in [2.75, 3.05) is 0 Å². The molecule has 0 aromatic heterocycles. The number of hydrogen-bond donors (Lipinski definition) is 1. The molecule has 0 saturated heterocycles. The Morgan fingerprint density at radius 3 is 2.80 bits per heavy atom. The molecule has 0 radical (unpaired) electrons. The molecular weight excluding hydrogens is 254 g/mol. The fourth-order valence-corrected chi connectivity index (χ4v) is 1.54. The molecule has 0 fully saturated rings. The summed E-state index contributed by atoms with van der Waals surface area (Å²) in [6.45, 7) is 7.39. The number of aryl methyl sites for hydroxylation is 1. The standard InChI is InChI=1S/C12H14BrNO/c1-4-12(15)14-9(3)10-5-6-11(13)8(2)7-10/h4-7,9H,1H2,2-3H3,(H,14,15)/t9-/m0/s1. The highest BCUT2D eigenvalue weighted by atomic mass is 79.9. The predicted octanol–water partition coefficient (Wildman–Crippen LogP) is 3.12. The number of halogens is 1. The Morgan fingerprint density at radius 2 is 2.27 bits per heavy atom. The predicted molar refractivity (Wildman–Crippen MR) is 65.6 cm³/mol. The van der Waals surface area contributed by atoms with Gasteiger partial charge in [0, 0.05) is 4.47 Å². The number of benzene rings is 1. The van der Waals surface area contributed by atoms with Gasteiger partial charge >= 0.3 is 0 Å². The lowest BCUT2D eigenvalue weighted by Crippen LogP contribution is -2.24. The van der Waals surface area contributed by atoms with Gasteiger partial charge in [-0.3, -0.25) is 4.79 Å². The molecule has 3 heteroatoms. The van der Waals surface area contributed by atoms with E-state index in [9.17, 15) is 4.79 Å². The van der Waals surface area contributed by atoms with Gasteiger partial charge in [-0.2, -0.15) is 0 Å². The Bertz CT molecular complexity index is 387. The summed E-state index contributed by atoms with van der Waals surface area (Å²) in [5.41, 5.74) is 2.25. The SMILES string of the molecule is C=CC(=O)N[C@@H](C)c1ccc(Br)c(C)c1. The van der Waals surface area contributed by atoms with Gasteiger partial charge in [-0.15, -0.1) is 0 Å². The van der Waals surface area contributed by atoms with Crippen molar-refractivity contribution in [1.82, 2.24) is 5.32 Å². The third-order valence-corrected chi connectivity index (χ3v) is 3.12. The Morgan fingerprint density at radius 1 is 1.60 bits per heavy atom. The number of carbonyl (C=O) groups excluding carboxylic acids is 1. The first-order chi connectivity index (χ1) is 7.04. The Hall–Kier alpha value is -1.09. The van der Waals surface area contributed by atoms with E-state index in [1.54, 1.807) is 0 Å². The summed E-state index contributed by atoms with van der Waals surface area (Å²) < 4.78 is 1.08. The number of nitrogens with one attached hydrogen (secondary N) is 1. The Balaban J connectivity index is 2.82. The van der Waals surface area contributed by atoms with Gasteiger partial charge in [0.1, 0.15) is 0 Å². The molecule has 0 aliphatic carbocycles. The van der Waals surface area contributed by atoms with Crippen molar-refractivity contribution >= 4 is 21.8 Å². The lowest BCUT2D eigenvalue weighted by molar-refractivity contribution is -0.117. The molecular formula is C12H14BrNO. The van der Waals surface area contributed by atoms with E-state index >= 15 is 0 Å². The topological polar surface area (TPSA) is 29.1 Å². The maximum Gasteiger partial charge on any atom is 0.243 e. The third-order valence-electron chi connectivity index (χ3n) is 2.23. The maximum atomic E-state index is 11.1. The van der Waals surface area contributed by atoms with E-state index in [4.69, 9.17) is 0 Å². The number of amides is 1. The van der Waals surface area contributed by atoms with Crippen LogP contribution in [-0.2, 0) is 4.79 Å². The van der Waals surface area contributed by atoms with E-state index in [0.717, 1.165) is 15.6 Å². The number of carbonyl (C=O) groups is 1. The van der Waals surface area contributed by atoms with Crippen LogP contribution < -0.4 is 5.32 Å². The summed E-state index contributed by atoms with van der Waals surface area (Å²) in [6, 6.07) is 6.03. The van der Waals surface area contributed by atoms with Crippen LogP contribution in [0.5, 0.6) is 0 Å². The van der Waals surface area contributed by atoms with Crippen LogP contribution in [-0.4, -0.2) is 5.91 Å². The summed E-state index contributed by atoms with van der Waals surface area (Å²) in [6.07, 6.45) is 1.28. The zero-order valence-corrected chi connectivity index (χ0v) is 10.5. The van der Waals surface area contributed by atoms with Crippen molar-refractivity contribution in [3.63, 3.8) is 0 Å². The summed E-state index contributed by atoms with van der Waals surface area (Å²) in [5.74, 6) is -0.150. The monoisotopic (exact) mass is 267 g/mol. The average Bonchev–Trinajstić information content (AvgIpc) is 2.21. The largest absolute Gasteiger partial charge is 0.346 e. The number of rotatable bonds is 3. The second-order valence-electron chi connectivity index (χ2n) is 3.44. The molecule has 0 saturated carbocycles. The first-order valence-electron chi connectivity index (χ1n) is 4.73. The normalized spacial score (nSPS) is 11.9. The fraction of sp³-hybridized carbons (Fsp3) is 0.250. The molecule has 0 bridgehead atoms. The molecule has 1 rings (SSSR count). The summed E-state index contributed by atoms with van der Waals surface area (Å²) in [4.78, 5) is 11.1. The quantitative estimate of drug-likeness (QED) is 0.838. The van der Waals surface area contributed by atoms with Gasteiger partial charge < -0.3 is 5.32 Å². The van der Waals surface area contributed by atoms with Crippen molar-refractivity contribution in [2.45, 2.75) is 19.9 Å². The van der Waals surface area contributed by atoms with E-state index < -0.39 is 0 Å². The lowest BCUT2D eigenvalue weighted by atomic mass is 10.1. The van der Waals surface area contributed by atoms with Gasteiger partial charge in [0.05, 0.1) is 6.04 Å². The van der Waals surface area contributed by atoms with Gasteiger partial charge in [-0.05, 0) is 37.1 Å². The molecule has 1 aromatic carbocycles. The van der Waals surface area contributed by atoms with Gasteiger partial charge in [-0.1, -0.05) is 34.6 Å². The fourth-order valence-electron chi connectivity index (χ4n) is 1.29. The van der Waals surface area contributed by atoms with Crippen LogP contribution in [0, 0.1) is 6.92 Å². The summed E-state index contributed by atoms with van der Waals surface area (Å²) in [5, 5.41) is 2.82. The van der Waals surface area contributed by atoms with Crippen LogP contribution in [0.4, 0.5) is 0 Å². The second-order valence-corrected chi connectivity index (χ2v) is 4.30. The molecule has 1 N–H and O–H groups in total. The maximum absolute atomic E-state index is 11.1. The first-order valence-corrected chi connectivity index (χ1v) is 5.53. The molecule has 0 aliphatic rings. The minimum atomic E-state index is -0.150. The summed E-state index contributed by atoms with van der Waals surface area (Å²) in [7, 11) is 0. The highest BCUT2D eigenvalue weighted by Crippen LogP contribution is 2.20. The number of hydrogen-bond acceptors (Lipinski definition) is 1. The molecule has 1 atom stereocenters. The average molecular weight is 268 g/mol. The van der Waals surface area contributed by atoms with Crippen molar-refractivity contribution < 1.29 is 4.79 Å². The first kappa shape index (κ1) is 12.0. The molecule has 15 heavy (non-hydrogen) atoms. The minimum Gasteiger partial charge on any atom is -0.346 e. The highest BCUT2D eigenvalue weighted by molar-refractivity contribution is 9.10. The van der Waals surface area contributed by atoms with Crippen LogP contribution >= 0.6 is 15.9 Å². The Kier molecular flexibility index (Phi) is 4.09. The van der Waals surface area contributed by atoms with Crippen LogP contribution in [0.1, 0.15) is 24.1 Å². The van der Waals surface area contributed by atoms with Crippen molar-refractivity contribution in [1.29, 1.82) is 0 Å². The highest BCUT2D eigenvalue weighted by Gasteiger charge is 2.07. The molecule has 2 nitrogen and oxygen atoms in total. The van der Waals surface area contributed by atoms with Crippen LogP contribution in [0.3, 0.4) is 0 Å². The zero-order valence-electron chi connectivity index (χ0n) is 8.88. The third kappa shape index (κ3) is 3.20. The van der Waals surface area contributed by atoms with Crippen molar-refractivity contribution in [3.05, 3.63) is 46.5 Å². The molecule has 80 valence electrons. The second kappa shape index (κ2) is 5.12. The van der Waals surface area contributed by atoms with E-state index in [0.29, 0.717) is 0 Å². The Labute approximate surface area is 98.5 Å². The van der Waals surface area contributed by atoms with Gasteiger partial charge in [0.2, 0.25) is 5.91 Å². The van der Waals surface area contributed by atoms with Crippen LogP contribution in [0.2, 0.25) is 0 Å². The lowest BCUT2D eigenvalue weighted by Gasteiger charge is -2.14. The molecule has 0 aliphatic heterocycles. The zero-order chi connectivity index (χ0) is 11.4. The van der Waals surface area contributed by atoms with Gasteiger partial charge in [-0.25, -0.2) is 0 Å². The summed E-state index contributed by atoms with van der Waals surface area (Å²) >= 11 is 3.44.